The van der Waals surface area contributed by atoms with E-state index in [1.54, 1.807) is 6.20 Å². The number of hydrogen-bond donors (Lipinski definition) is 1. The van der Waals surface area contributed by atoms with Gasteiger partial charge in [0.1, 0.15) is 11.5 Å². The number of aromatic nitrogens is 2. The van der Waals surface area contributed by atoms with Crippen LogP contribution in [0.25, 0.3) is 5.69 Å². The maximum atomic E-state index is 13.9. The Bertz CT molecular complexity index is 657. The maximum absolute atomic E-state index is 13.9. The fourth-order valence-electron chi connectivity index (χ4n) is 1.89. The van der Waals surface area contributed by atoms with Gasteiger partial charge in [0.15, 0.2) is 16.4 Å². The van der Waals surface area contributed by atoms with Crippen LogP contribution in [-0.4, -0.2) is 9.55 Å². The Labute approximate surface area is 113 Å². The normalized spacial score (nSPS) is 11.9. The van der Waals surface area contributed by atoms with Crippen LogP contribution in [0.4, 0.5) is 13.2 Å². The van der Waals surface area contributed by atoms with Crippen LogP contribution < -0.4 is 0 Å². The number of nitrogens with zero attached hydrogens (tertiary/aromatic N) is 1. The lowest BCUT2D eigenvalue weighted by molar-refractivity contribution is 0.514. The molecule has 0 aliphatic rings. The van der Waals surface area contributed by atoms with Crippen LogP contribution in [-0.2, 0) is 5.41 Å². The Balaban J connectivity index is 2.81. The van der Waals surface area contributed by atoms with E-state index in [1.165, 1.54) is 4.57 Å². The van der Waals surface area contributed by atoms with Crippen molar-refractivity contribution in [2.75, 3.05) is 0 Å². The Morgan fingerprint density at radius 1 is 1.11 bits per heavy atom. The van der Waals surface area contributed by atoms with Gasteiger partial charge in [-0.3, -0.25) is 4.57 Å². The van der Waals surface area contributed by atoms with Gasteiger partial charge in [0.2, 0.25) is 0 Å². The molecule has 2 aromatic rings. The molecule has 0 fully saturated rings. The molecule has 1 heterocycles. The summed E-state index contributed by atoms with van der Waals surface area (Å²) in [6, 6.07) is 1.28. The van der Waals surface area contributed by atoms with Crippen LogP contribution in [0.5, 0.6) is 0 Å². The number of hydrogen-bond acceptors (Lipinski definition) is 1. The number of aromatic amines is 1. The van der Waals surface area contributed by atoms with Crippen LogP contribution in [0.15, 0.2) is 18.3 Å². The molecule has 2 rings (SSSR count). The van der Waals surface area contributed by atoms with Crippen molar-refractivity contribution in [2.24, 2.45) is 0 Å². The fraction of sp³-hybridized carbons (Fsp3) is 0.308. The first kappa shape index (κ1) is 13.9. The zero-order valence-electron chi connectivity index (χ0n) is 10.7. The first-order chi connectivity index (χ1) is 8.71. The van der Waals surface area contributed by atoms with Crippen molar-refractivity contribution in [2.45, 2.75) is 26.2 Å². The highest BCUT2D eigenvalue weighted by Gasteiger charge is 2.24. The van der Waals surface area contributed by atoms with Crippen LogP contribution in [0.3, 0.4) is 0 Å². The van der Waals surface area contributed by atoms with Crippen molar-refractivity contribution in [3.05, 3.63) is 46.2 Å². The minimum absolute atomic E-state index is 0.161. The standard InChI is InChI=1S/C13H13F3N2S/c1-13(2,3)10-6-17-12(19)18(10)11-8(15)4-7(14)5-9(11)16/h4-6H,1-3H3,(H,17,19). The summed E-state index contributed by atoms with van der Waals surface area (Å²) in [5, 5.41) is 0. The molecule has 0 aliphatic heterocycles. The zero-order valence-corrected chi connectivity index (χ0v) is 11.5. The second kappa shape index (κ2) is 4.52. The third-order valence-corrected chi connectivity index (χ3v) is 3.05. The molecule has 0 spiro atoms. The molecular formula is C13H13F3N2S. The summed E-state index contributed by atoms with van der Waals surface area (Å²) in [5.41, 5.74) is -0.125. The highest BCUT2D eigenvalue weighted by atomic mass is 32.1. The van der Waals surface area contributed by atoms with E-state index in [4.69, 9.17) is 12.2 Å². The lowest BCUT2D eigenvalue weighted by Crippen LogP contribution is -2.18. The number of nitrogens with one attached hydrogen (secondary N) is 1. The Hall–Kier alpha value is -1.56. The molecule has 0 unspecified atom stereocenters. The largest absolute Gasteiger partial charge is 0.337 e. The second-order valence-corrected chi connectivity index (χ2v) is 5.67. The monoisotopic (exact) mass is 286 g/mol. The molecule has 0 bridgehead atoms. The van der Waals surface area contributed by atoms with Crippen LogP contribution in [0.2, 0.25) is 0 Å². The number of halogens is 3. The first-order valence-corrected chi connectivity index (χ1v) is 6.08. The number of H-pyrrole nitrogens is 1. The molecule has 1 N–H and O–H groups in total. The average molecular weight is 286 g/mol. The summed E-state index contributed by atoms with van der Waals surface area (Å²) in [6.45, 7) is 5.67. The summed E-state index contributed by atoms with van der Waals surface area (Å²) >= 11 is 5.06. The summed E-state index contributed by atoms with van der Waals surface area (Å²) < 4.78 is 42.1. The van der Waals surface area contributed by atoms with Gasteiger partial charge in [-0.05, 0) is 12.2 Å². The fourth-order valence-corrected chi connectivity index (χ4v) is 2.14. The number of benzene rings is 1. The Morgan fingerprint density at radius 3 is 2.11 bits per heavy atom. The van der Waals surface area contributed by atoms with Gasteiger partial charge in [0.25, 0.3) is 0 Å². The molecule has 0 saturated heterocycles. The van der Waals surface area contributed by atoms with E-state index in [2.05, 4.69) is 4.98 Å². The van der Waals surface area contributed by atoms with E-state index >= 15 is 0 Å². The van der Waals surface area contributed by atoms with Gasteiger partial charge in [0, 0.05) is 29.4 Å². The van der Waals surface area contributed by atoms with Crippen molar-refractivity contribution in [1.82, 2.24) is 9.55 Å². The maximum Gasteiger partial charge on any atom is 0.182 e. The quantitative estimate of drug-likeness (QED) is 0.777. The minimum Gasteiger partial charge on any atom is -0.337 e. The molecule has 6 heteroatoms. The SMILES string of the molecule is CC(C)(C)c1c[nH]c(=S)n1-c1c(F)cc(F)cc1F. The van der Waals surface area contributed by atoms with Gasteiger partial charge in [-0.25, -0.2) is 13.2 Å². The van der Waals surface area contributed by atoms with Crippen LogP contribution in [0, 0.1) is 22.2 Å². The smallest absolute Gasteiger partial charge is 0.182 e. The van der Waals surface area contributed by atoms with Crippen LogP contribution >= 0.6 is 12.2 Å². The summed E-state index contributed by atoms with van der Waals surface area (Å²) in [6.07, 6.45) is 1.60. The number of imidazole rings is 1. The van der Waals surface area contributed by atoms with Gasteiger partial charge < -0.3 is 4.98 Å². The summed E-state index contributed by atoms with van der Waals surface area (Å²) in [4.78, 5) is 2.76. The van der Waals surface area contributed by atoms with Crippen LogP contribution in [0.1, 0.15) is 26.5 Å². The molecular weight excluding hydrogens is 273 g/mol. The number of rotatable bonds is 1. The summed E-state index contributed by atoms with van der Waals surface area (Å²) in [5.74, 6) is -2.93. The molecule has 102 valence electrons. The van der Waals surface area contributed by atoms with E-state index in [1.807, 2.05) is 20.8 Å². The van der Waals surface area contributed by atoms with E-state index in [-0.39, 0.29) is 15.9 Å². The second-order valence-electron chi connectivity index (χ2n) is 5.28. The van der Waals surface area contributed by atoms with Gasteiger partial charge in [0.05, 0.1) is 0 Å². The minimum atomic E-state index is -0.987. The van der Waals surface area contributed by atoms with E-state index < -0.39 is 17.5 Å². The zero-order chi connectivity index (χ0) is 14.4. The van der Waals surface area contributed by atoms with Gasteiger partial charge in [-0.15, -0.1) is 0 Å². The molecule has 0 radical (unpaired) electrons. The predicted octanol–water partition coefficient (Wildman–Crippen LogP) is 4.25. The molecule has 0 atom stereocenters. The van der Waals surface area contributed by atoms with Gasteiger partial charge in [-0.1, -0.05) is 20.8 Å². The topological polar surface area (TPSA) is 20.7 Å². The molecule has 1 aromatic heterocycles. The Morgan fingerprint density at radius 2 is 1.63 bits per heavy atom. The Kier molecular flexibility index (Phi) is 3.30. The third kappa shape index (κ3) is 2.45. The third-order valence-electron chi connectivity index (χ3n) is 2.75. The molecule has 2 nitrogen and oxygen atoms in total. The molecule has 19 heavy (non-hydrogen) atoms. The predicted molar refractivity (Wildman–Crippen MR) is 69.5 cm³/mol. The van der Waals surface area contributed by atoms with Crippen molar-refractivity contribution >= 4 is 12.2 Å². The lowest BCUT2D eigenvalue weighted by Gasteiger charge is -2.21. The van der Waals surface area contributed by atoms with Crippen molar-refractivity contribution in [3.63, 3.8) is 0 Å². The van der Waals surface area contributed by atoms with Crippen molar-refractivity contribution in [3.8, 4) is 5.69 Å². The molecule has 0 saturated carbocycles. The average Bonchev–Trinajstić information content (AvgIpc) is 2.59. The molecule has 0 amide bonds. The highest BCUT2D eigenvalue weighted by molar-refractivity contribution is 7.71. The van der Waals surface area contributed by atoms with E-state index in [0.29, 0.717) is 17.8 Å². The van der Waals surface area contributed by atoms with Crippen molar-refractivity contribution in [1.29, 1.82) is 0 Å². The lowest BCUT2D eigenvalue weighted by atomic mass is 9.92. The van der Waals surface area contributed by atoms with Gasteiger partial charge >= 0.3 is 0 Å². The first-order valence-electron chi connectivity index (χ1n) is 5.67. The summed E-state index contributed by atoms with van der Waals surface area (Å²) in [7, 11) is 0. The van der Waals surface area contributed by atoms with Crippen molar-refractivity contribution < 1.29 is 13.2 Å². The van der Waals surface area contributed by atoms with E-state index in [0.717, 1.165) is 0 Å². The highest BCUT2D eigenvalue weighted by Crippen LogP contribution is 2.28. The molecule has 0 aliphatic carbocycles. The molecule has 1 aromatic carbocycles. The van der Waals surface area contributed by atoms with E-state index in [9.17, 15) is 13.2 Å². The van der Waals surface area contributed by atoms with Gasteiger partial charge in [-0.2, -0.15) is 0 Å².